The van der Waals surface area contributed by atoms with Crippen molar-refractivity contribution in [3.05, 3.63) is 77.7 Å². The van der Waals surface area contributed by atoms with E-state index in [-0.39, 0.29) is 5.97 Å². The maximum atomic E-state index is 11.9. The van der Waals surface area contributed by atoms with Crippen LogP contribution in [0.2, 0.25) is 0 Å². The van der Waals surface area contributed by atoms with Gasteiger partial charge >= 0.3 is 5.97 Å². The van der Waals surface area contributed by atoms with Crippen LogP contribution in [-0.2, 0) is 17.8 Å². The van der Waals surface area contributed by atoms with Gasteiger partial charge in [0.1, 0.15) is 5.76 Å². The Bertz CT molecular complexity index is 1040. The first kappa shape index (κ1) is 23.1. The molecule has 3 rings (SSSR count). The number of furan rings is 1. The van der Waals surface area contributed by atoms with Crippen molar-refractivity contribution in [3.8, 4) is 11.5 Å². The Morgan fingerprint density at radius 2 is 1.81 bits per heavy atom. The fourth-order valence-corrected chi connectivity index (χ4v) is 3.43. The summed E-state index contributed by atoms with van der Waals surface area (Å²) in [6.07, 6.45) is 1.63. The lowest BCUT2D eigenvalue weighted by atomic mass is 10.1. The largest absolute Gasteiger partial charge is 0.493 e. The number of hydrogen-bond donors (Lipinski definition) is 1. The van der Waals surface area contributed by atoms with Crippen LogP contribution < -0.4 is 14.8 Å². The van der Waals surface area contributed by atoms with Gasteiger partial charge in [-0.25, -0.2) is 4.79 Å². The van der Waals surface area contributed by atoms with Crippen LogP contribution >= 0.6 is 12.2 Å². The second-order valence-corrected chi connectivity index (χ2v) is 7.20. The molecule has 0 unspecified atom stereocenters. The van der Waals surface area contributed by atoms with Crippen molar-refractivity contribution in [1.29, 1.82) is 0 Å². The maximum Gasteiger partial charge on any atom is 0.338 e. The molecule has 0 saturated heterocycles. The topological polar surface area (TPSA) is 73.2 Å². The van der Waals surface area contributed by atoms with E-state index in [1.54, 1.807) is 51.7 Å². The highest BCUT2D eigenvalue weighted by Crippen LogP contribution is 2.32. The molecule has 0 amide bonds. The SMILES string of the molecule is CCOC(=O)c1ccc(NC(=S)N(Cc2ccco2)Cc2cccc(OC)c2OC)cc1. The molecule has 3 aromatic rings. The molecule has 0 saturated carbocycles. The number of anilines is 1. The molecule has 0 bridgehead atoms. The van der Waals surface area contributed by atoms with Crippen LogP contribution in [0.3, 0.4) is 0 Å². The summed E-state index contributed by atoms with van der Waals surface area (Å²) < 4.78 is 21.6. The Hall–Kier alpha value is -3.52. The highest BCUT2D eigenvalue weighted by molar-refractivity contribution is 7.80. The lowest BCUT2D eigenvalue weighted by Gasteiger charge is -2.26. The highest BCUT2D eigenvalue weighted by Gasteiger charge is 2.18. The molecule has 0 atom stereocenters. The first-order chi connectivity index (χ1) is 15.5. The van der Waals surface area contributed by atoms with Crippen molar-refractivity contribution in [1.82, 2.24) is 4.90 Å². The average Bonchev–Trinajstić information content (AvgIpc) is 3.32. The lowest BCUT2D eigenvalue weighted by molar-refractivity contribution is 0.0526. The Kier molecular flexibility index (Phi) is 8.10. The molecule has 0 aliphatic carbocycles. The van der Waals surface area contributed by atoms with Gasteiger partial charge < -0.3 is 28.8 Å². The number of esters is 1. The molecule has 32 heavy (non-hydrogen) atoms. The number of methoxy groups -OCH3 is 2. The summed E-state index contributed by atoms with van der Waals surface area (Å²) in [4.78, 5) is 13.8. The molecular formula is C24H26N2O5S. The highest BCUT2D eigenvalue weighted by atomic mass is 32.1. The summed E-state index contributed by atoms with van der Waals surface area (Å²) in [5.74, 6) is 1.72. The van der Waals surface area contributed by atoms with Crippen LogP contribution in [0.4, 0.5) is 5.69 Å². The van der Waals surface area contributed by atoms with E-state index < -0.39 is 0 Å². The van der Waals surface area contributed by atoms with Crippen molar-refractivity contribution in [3.63, 3.8) is 0 Å². The first-order valence-corrected chi connectivity index (χ1v) is 10.5. The van der Waals surface area contributed by atoms with E-state index in [0.717, 1.165) is 17.0 Å². The average molecular weight is 455 g/mol. The summed E-state index contributed by atoms with van der Waals surface area (Å²) in [6, 6.07) is 16.4. The third-order valence-corrected chi connectivity index (χ3v) is 5.07. The van der Waals surface area contributed by atoms with E-state index in [4.69, 9.17) is 30.8 Å². The molecule has 1 N–H and O–H groups in total. The number of para-hydroxylation sites is 1. The van der Waals surface area contributed by atoms with Crippen molar-refractivity contribution < 1.29 is 23.4 Å². The van der Waals surface area contributed by atoms with Crippen molar-refractivity contribution >= 4 is 29.0 Å². The van der Waals surface area contributed by atoms with Crippen molar-refractivity contribution in [2.45, 2.75) is 20.0 Å². The third-order valence-electron chi connectivity index (χ3n) is 4.71. The second kappa shape index (κ2) is 11.2. The number of rotatable bonds is 9. The van der Waals surface area contributed by atoms with Gasteiger partial charge in [0.2, 0.25) is 0 Å². The molecular weight excluding hydrogens is 428 g/mol. The smallest absolute Gasteiger partial charge is 0.338 e. The standard InChI is InChI=1S/C24H26N2O5S/c1-4-30-23(27)17-10-12-19(13-11-17)25-24(32)26(16-20-8-6-14-31-20)15-18-7-5-9-21(28-2)22(18)29-3/h5-14H,4,15-16H2,1-3H3,(H,25,32). The second-order valence-electron chi connectivity index (χ2n) is 6.82. The van der Waals surface area contributed by atoms with Gasteiger partial charge in [-0.1, -0.05) is 12.1 Å². The van der Waals surface area contributed by atoms with E-state index in [0.29, 0.717) is 41.9 Å². The van der Waals surface area contributed by atoms with E-state index in [1.807, 2.05) is 35.2 Å². The quantitative estimate of drug-likeness (QED) is 0.363. The zero-order valence-corrected chi connectivity index (χ0v) is 19.1. The van der Waals surface area contributed by atoms with Crippen LogP contribution in [0.5, 0.6) is 11.5 Å². The molecule has 0 fully saturated rings. The van der Waals surface area contributed by atoms with Gasteiger partial charge in [-0.15, -0.1) is 0 Å². The molecule has 7 nitrogen and oxygen atoms in total. The maximum absolute atomic E-state index is 11.9. The summed E-state index contributed by atoms with van der Waals surface area (Å²) in [6.45, 7) is 3.03. The normalized spacial score (nSPS) is 10.3. The molecule has 1 aromatic heterocycles. The Balaban J connectivity index is 1.80. The van der Waals surface area contributed by atoms with Gasteiger partial charge in [0.15, 0.2) is 16.6 Å². The fourth-order valence-electron chi connectivity index (χ4n) is 3.18. The predicted octanol–water partition coefficient (Wildman–Crippen LogP) is 4.87. The lowest BCUT2D eigenvalue weighted by Crippen LogP contribution is -2.33. The van der Waals surface area contributed by atoms with Gasteiger partial charge in [0.05, 0.1) is 39.2 Å². The molecule has 0 radical (unpaired) electrons. The number of ether oxygens (including phenoxy) is 3. The molecule has 8 heteroatoms. The minimum absolute atomic E-state index is 0.332. The number of thiocarbonyl (C=S) groups is 1. The first-order valence-electron chi connectivity index (χ1n) is 10.1. The monoisotopic (exact) mass is 454 g/mol. The number of nitrogens with zero attached hydrogens (tertiary/aromatic N) is 1. The van der Waals surface area contributed by atoms with Crippen LogP contribution in [0.15, 0.2) is 65.3 Å². The predicted molar refractivity (Wildman–Crippen MR) is 126 cm³/mol. The molecule has 2 aromatic carbocycles. The number of carbonyl (C=O) groups excluding carboxylic acids is 1. The van der Waals surface area contributed by atoms with Crippen LogP contribution in [0, 0.1) is 0 Å². The van der Waals surface area contributed by atoms with Gasteiger partial charge in [0, 0.05) is 17.8 Å². The van der Waals surface area contributed by atoms with Crippen LogP contribution in [0.25, 0.3) is 0 Å². The number of nitrogens with one attached hydrogen (secondary N) is 1. The Morgan fingerprint density at radius 3 is 2.44 bits per heavy atom. The van der Waals surface area contributed by atoms with Crippen molar-refractivity contribution in [2.75, 3.05) is 26.1 Å². The van der Waals surface area contributed by atoms with E-state index >= 15 is 0 Å². The van der Waals surface area contributed by atoms with Crippen LogP contribution in [-0.4, -0.2) is 36.8 Å². The number of hydrogen-bond acceptors (Lipinski definition) is 6. The van der Waals surface area contributed by atoms with E-state index in [1.165, 1.54) is 0 Å². The number of benzene rings is 2. The summed E-state index contributed by atoms with van der Waals surface area (Å²) in [7, 11) is 3.22. The van der Waals surface area contributed by atoms with Crippen molar-refractivity contribution in [2.24, 2.45) is 0 Å². The minimum atomic E-state index is -0.355. The van der Waals surface area contributed by atoms with Crippen LogP contribution in [0.1, 0.15) is 28.6 Å². The minimum Gasteiger partial charge on any atom is -0.493 e. The van der Waals surface area contributed by atoms with Gasteiger partial charge in [-0.2, -0.15) is 0 Å². The van der Waals surface area contributed by atoms with Gasteiger partial charge in [0.25, 0.3) is 0 Å². The zero-order valence-electron chi connectivity index (χ0n) is 18.3. The summed E-state index contributed by atoms with van der Waals surface area (Å²) in [5.41, 5.74) is 2.15. The Morgan fingerprint density at radius 1 is 1.03 bits per heavy atom. The zero-order chi connectivity index (χ0) is 22.9. The molecule has 1 heterocycles. The number of carbonyl (C=O) groups is 1. The molecule has 0 spiro atoms. The summed E-state index contributed by atoms with van der Waals surface area (Å²) >= 11 is 5.71. The molecule has 0 aliphatic heterocycles. The van der Waals surface area contributed by atoms with E-state index in [2.05, 4.69) is 5.32 Å². The third kappa shape index (κ3) is 5.79. The van der Waals surface area contributed by atoms with E-state index in [9.17, 15) is 4.79 Å². The van der Waals surface area contributed by atoms with Gasteiger partial charge in [-0.3, -0.25) is 0 Å². The summed E-state index contributed by atoms with van der Waals surface area (Å²) in [5, 5.41) is 3.73. The molecule has 0 aliphatic rings. The fraction of sp³-hybridized carbons (Fsp3) is 0.250. The van der Waals surface area contributed by atoms with Gasteiger partial charge in [-0.05, 0) is 61.6 Å². The molecule has 168 valence electrons. The Labute approximate surface area is 192 Å².